The molecule has 3 N–H and O–H groups in total. The molecule has 17 heavy (non-hydrogen) atoms. The Morgan fingerprint density at radius 2 is 1.94 bits per heavy atom. The Bertz CT molecular complexity index is 349. The van der Waals surface area contributed by atoms with E-state index < -0.39 is 5.97 Å². The molecule has 4 nitrogen and oxygen atoms in total. The number of carboxylic acid groups (broad SMARTS) is 1. The maximum atomic E-state index is 10.5. The van der Waals surface area contributed by atoms with Gasteiger partial charge >= 0.3 is 5.97 Å². The van der Waals surface area contributed by atoms with Gasteiger partial charge in [-0.15, -0.1) is 0 Å². The molecular formula is C13H20N2O2. The molecule has 0 aliphatic heterocycles. The molecule has 1 rings (SSSR count). The molecule has 1 aromatic carbocycles. The Morgan fingerprint density at radius 1 is 1.29 bits per heavy atom. The SMILES string of the molecule is Cc1ccc(CN(CCN)CCC(=O)O)cc1. The van der Waals surface area contributed by atoms with Crippen LogP contribution in [0.1, 0.15) is 17.5 Å². The molecule has 0 amide bonds. The normalized spacial score (nSPS) is 10.8. The van der Waals surface area contributed by atoms with E-state index >= 15 is 0 Å². The van der Waals surface area contributed by atoms with Gasteiger partial charge in [-0.25, -0.2) is 0 Å². The van der Waals surface area contributed by atoms with E-state index in [1.54, 1.807) is 0 Å². The van der Waals surface area contributed by atoms with Crippen molar-refractivity contribution in [2.24, 2.45) is 5.73 Å². The Balaban J connectivity index is 2.53. The number of nitrogens with two attached hydrogens (primary N) is 1. The zero-order valence-electron chi connectivity index (χ0n) is 10.2. The molecule has 0 fully saturated rings. The lowest BCUT2D eigenvalue weighted by atomic mass is 10.1. The molecule has 0 spiro atoms. The van der Waals surface area contributed by atoms with E-state index in [1.165, 1.54) is 11.1 Å². The van der Waals surface area contributed by atoms with Gasteiger partial charge in [0.15, 0.2) is 0 Å². The highest BCUT2D eigenvalue weighted by Gasteiger charge is 2.07. The summed E-state index contributed by atoms with van der Waals surface area (Å²) in [7, 11) is 0. The summed E-state index contributed by atoms with van der Waals surface area (Å²) < 4.78 is 0. The first kappa shape index (κ1) is 13.7. The lowest BCUT2D eigenvalue weighted by molar-refractivity contribution is -0.137. The third kappa shape index (κ3) is 5.47. The molecular weight excluding hydrogens is 216 g/mol. The summed E-state index contributed by atoms with van der Waals surface area (Å²) in [4.78, 5) is 12.6. The summed E-state index contributed by atoms with van der Waals surface area (Å²) in [5.74, 6) is -0.768. The lowest BCUT2D eigenvalue weighted by Crippen LogP contribution is -2.31. The molecule has 0 aliphatic carbocycles. The smallest absolute Gasteiger partial charge is 0.304 e. The second kappa shape index (κ2) is 7.04. The van der Waals surface area contributed by atoms with E-state index in [0.29, 0.717) is 13.1 Å². The molecule has 0 heterocycles. The summed E-state index contributed by atoms with van der Waals surface area (Å²) in [5.41, 5.74) is 7.94. The molecule has 0 bridgehead atoms. The Labute approximate surface area is 102 Å². The first-order valence-electron chi connectivity index (χ1n) is 5.81. The van der Waals surface area contributed by atoms with Crippen molar-refractivity contribution in [3.8, 4) is 0 Å². The summed E-state index contributed by atoms with van der Waals surface area (Å²) in [6.07, 6.45) is 0.159. The topological polar surface area (TPSA) is 66.6 Å². The van der Waals surface area contributed by atoms with Crippen LogP contribution in [0.4, 0.5) is 0 Å². The molecule has 94 valence electrons. The third-order valence-corrected chi connectivity index (χ3v) is 2.61. The van der Waals surface area contributed by atoms with Crippen LogP contribution in [0.5, 0.6) is 0 Å². The highest BCUT2D eigenvalue weighted by molar-refractivity contribution is 5.66. The fourth-order valence-electron chi connectivity index (χ4n) is 1.66. The van der Waals surface area contributed by atoms with Crippen molar-refractivity contribution in [3.63, 3.8) is 0 Å². The van der Waals surface area contributed by atoms with Crippen LogP contribution >= 0.6 is 0 Å². The van der Waals surface area contributed by atoms with E-state index in [-0.39, 0.29) is 6.42 Å². The number of carboxylic acids is 1. The van der Waals surface area contributed by atoms with Gasteiger partial charge in [-0.2, -0.15) is 0 Å². The van der Waals surface area contributed by atoms with Crippen LogP contribution in [0.25, 0.3) is 0 Å². The number of rotatable bonds is 7. The molecule has 0 radical (unpaired) electrons. The first-order chi connectivity index (χ1) is 8.11. The second-order valence-electron chi connectivity index (χ2n) is 4.19. The maximum Gasteiger partial charge on any atom is 0.304 e. The summed E-state index contributed by atoms with van der Waals surface area (Å²) in [6, 6.07) is 8.26. The molecule has 0 saturated carbocycles. The van der Waals surface area contributed by atoms with Crippen LogP contribution in [0.2, 0.25) is 0 Å². The number of aliphatic carboxylic acids is 1. The monoisotopic (exact) mass is 236 g/mol. The van der Waals surface area contributed by atoms with Crippen LogP contribution in [0.3, 0.4) is 0 Å². The number of benzene rings is 1. The van der Waals surface area contributed by atoms with Crippen molar-refractivity contribution in [2.45, 2.75) is 19.9 Å². The van der Waals surface area contributed by atoms with Crippen molar-refractivity contribution >= 4 is 5.97 Å². The quantitative estimate of drug-likeness (QED) is 0.747. The minimum Gasteiger partial charge on any atom is -0.481 e. The highest BCUT2D eigenvalue weighted by atomic mass is 16.4. The first-order valence-corrected chi connectivity index (χ1v) is 5.81. The average molecular weight is 236 g/mol. The Hall–Kier alpha value is -1.39. The van der Waals surface area contributed by atoms with Gasteiger partial charge < -0.3 is 10.8 Å². The zero-order valence-corrected chi connectivity index (χ0v) is 10.2. The van der Waals surface area contributed by atoms with Crippen LogP contribution in [-0.4, -0.2) is 35.6 Å². The average Bonchev–Trinajstić information content (AvgIpc) is 2.29. The summed E-state index contributed by atoms with van der Waals surface area (Å²) >= 11 is 0. The largest absolute Gasteiger partial charge is 0.481 e. The van der Waals surface area contributed by atoms with Gasteiger partial charge in [0, 0.05) is 26.2 Å². The number of hydrogen-bond acceptors (Lipinski definition) is 3. The molecule has 0 unspecified atom stereocenters. The number of carbonyl (C=O) groups is 1. The van der Waals surface area contributed by atoms with Crippen molar-refractivity contribution < 1.29 is 9.90 Å². The van der Waals surface area contributed by atoms with Gasteiger partial charge in [-0.1, -0.05) is 29.8 Å². The van der Waals surface area contributed by atoms with Crippen molar-refractivity contribution in [1.29, 1.82) is 0 Å². The van der Waals surface area contributed by atoms with Crippen LogP contribution in [0.15, 0.2) is 24.3 Å². The van der Waals surface area contributed by atoms with E-state index in [0.717, 1.165) is 13.1 Å². The van der Waals surface area contributed by atoms with Gasteiger partial charge in [0.1, 0.15) is 0 Å². The standard InChI is InChI=1S/C13H20N2O2/c1-11-2-4-12(5-3-11)10-15(9-7-14)8-6-13(16)17/h2-5H,6-10,14H2,1H3,(H,16,17). The minimum atomic E-state index is -0.768. The zero-order chi connectivity index (χ0) is 12.7. The number of hydrogen-bond donors (Lipinski definition) is 2. The predicted octanol–water partition coefficient (Wildman–Crippen LogP) is 1.23. The van der Waals surface area contributed by atoms with Gasteiger partial charge in [0.05, 0.1) is 6.42 Å². The second-order valence-corrected chi connectivity index (χ2v) is 4.19. The van der Waals surface area contributed by atoms with Gasteiger partial charge in [0.2, 0.25) is 0 Å². The van der Waals surface area contributed by atoms with Crippen LogP contribution in [0, 0.1) is 6.92 Å². The molecule has 0 saturated heterocycles. The molecule has 4 heteroatoms. The molecule has 0 aromatic heterocycles. The third-order valence-electron chi connectivity index (χ3n) is 2.61. The van der Waals surface area contributed by atoms with Gasteiger partial charge in [0.25, 0.3) is 0 Å². The number of nitrogens with zero attached hydrogens (tertiary/aromatic N) is 1. The van der Waals surface area contributed by atoms with E-state index in [9.17, 15) is 4.79 Å². The van der Waals surface area contributed by atoms with Crippen LogP contribution < -0.4 is 5.73 Å². The van der Waals surface area contributed by atoms with E-state index in [2.05, 4.69) is 29.2 Å². The Kier molecular flexibility index (Phi) is 5.66. The van der Waals surface area contributed by atoms with Crippen molar-refractivity contribution in [1.82, 2.24) is 4.90 Å². The van der Waals surface area contributed by atoms with Gasteiger partial charge in [-0.05, 0) is 12.5 Å². The number of aryl methyl sites for hydroxylation is 1. The van der Waals surface area contributed by atoms with Crippen LogP contribution in [-0.2, 0) is 11.3 Å². The van der Waals surface area contributed by atoms with Crippen molar-refractivity contribution in [3.05, 3.63) is 35.4 Å². The molecule has 0 aliphatic rings. The maximum absolute atomic E-state index is 10.5. The summed E-state index contributed by atoms with van der Waals surface area (Å²) in [5, 5.41) is 8.68. The highest BCUT2D eigenvalue weighted by Crippen LogP contribution is 2.07. The lowest BCUT2D eigenvalue weighted by Gasteiger charge is -2.20. The summed E-state index contributed by atoms with van der Waals surface area (Å²) in [6.45, 7) is 4.61. The van der Waals surface area contributed by atoms with E-state index in [4.69, 9.17) is 10.8 Å². The predicted molar refractivity (Wildman–Crippen MR) is 67.8 cm³/mol. The van der Waals surface area contributed by atoms with Crippen molar-refractivity contribution in [2.75, 3.05) is 19.6 Å². The molecule has 0 atom stereocenters. The Morgan fingerprint density at radius 3 is 2.47 bits per heavy atom. The minimum absolute atomic E-state index is 0.159. The fourth-order valence-corrected chi connectivity index (χ4v) is 1.66. The molecule has 1 aromatic rings. The van der Waals surface area contributed by atoms with E-state index in [1.807, 2.05) is 6.92 Å². The van der Waals surface area contributed by atoms with Gasteiger partial charge in [-0.3, -0.25) is 9.69 Å². The fraction of sp³-hybridized carbons (Fsp3) is 0.462.